The molecule has 0 aliphatic rings. The Hall–Kier alpha value is -1.23. The van der Waals surface area contributed by atoms with Crippen LogP contribution in [0.15, 0.2) is 6.20 Å². The van der Waals surface area contributed by atoms with Crippen LogP contribution in [-0.2, 0) is 23.0 Å². The minimum atomic E-state index is -0.660. The van der Waals surface area contributed by atoms with Gasteiger partial charge in [-0.2, -0.15) is 0 Å². The summed E-state index contributed by atoms with van der Waals surface area (Å²) in [6.07, 6.45) is 3.43. The van der Waals surface area contributed by atoms with E-state index in [1.165, 1.54) is 0 Å². The maximum atomic E-state index is 12.3. The van der Waals surface area contributed by atoms with Crippen molar-refractivity contribution < 1.29 is 9.53 Å². The zero-order valence-electron chi connectivity index (χ0n) is 11.1. The van der Waals surface area contributed by atoms with Gasteiger partial charge in [0, 0.05) is 19.9 Å². The summed E-state index contributed by atoms with van der Waals surface area (Å²) in [5.41, 5.74) is 0.0372. The van der Waals surface area contributed by atoms with Gasteiger partial charge in [-0.1, -0.05) is 19.1 Å². The number of carbonyl (C=O) groups is 1. The van der Waals surface area contributed by atoms with E-state index in [-0.39, 0.29) is 12.2 Å². The third kappa shape index (κ3) is 3.12. The summed E-state index contributed by atoms with van der Waals surface area (Å²) >= 11 is 0. The Kier molecular flexibility index (Phi) is 4.81. The van der Waals surface area contributed by atoms with Gasteiger partial charge in [0.1, 0.15) is 5.60 Å². The minimum absolute atomic E-state index is 0.0878. The molecule has 0 bridgehead atoms. The molecule has 0 spiro atoms. The van der Waals surface area contributed by atoms with Crippen LogP contribution in [0.2, 0.25) is 0 Å². The fraction of sp³-hybridized carbons (Fsp3) is 0.750. The van der Waals surface area contributed by atoms with E-state index < -0.39 is 5.60 Å². The lowest BCUT2D eigenvalue weighted by Crippen LogP contribution is -2.41. The van der Waals surface area contributed by atoms with Gasteiger partial charge in [0.2, 0.25) is 0 Å². The van der Waals surface area contributed by atoms with Gasteiger partial charge in [-0.15, -0.1) is 5.10 Å². The molecule has 0 aliphatic carbocycles. The van der Waals surface area contributed by atoms with Gasteiger partial charge in [0.15, 0.2) is 5.78 Å². The first-order chi connectivity index (χ1) is 8.07. The normalized spacial score (nSPS) is 11.8. The van der Waals surface area contributed by atoms with Gasteiger partial charge in [0.05, 0.1) is 12.1 Å². The van der Waals surface area contributed by atoms with E-state index in [1.54, 1.807) is 17.9 Å². The average Bonchev–Trinajstić information content (AvgIpc) is 2.71. The molecule has 0 unspecified atom stereocenters. The number of aryl methyl sites for hydroxylation is 1. The van der Waals surface area contributed by atoms with Gasteiger partial charge >= 0.3 is 0 Å². The number of carbonyl (C=O) groups excluding carboxylic acids is 1. The number of ether oxygens (including phenoxy) is 1. The summed E-state index contributed by atoms with van der Waals surface area (Å²) in [5, 5.41) is 7.76. The maximum absolute atomic E-state index is 12.3. The van der Waals surface area contributed by atoms with E-state index in [0.29, 0.717) is 25.1 Å². The number of aromatic nitrogens is 3. The van der Waals surface area contributed by atoms with Crippen LogP contribution in [-0.4, -0.2) is 33.0 Å². The van der Waals surface area contributed by atoms with Crippen LogP contribution in [0, 0.1) is 0 Å². The van der Waals surface area contributed by atoms with Crippen molar-refractivity contribution in [1.82, 2.24) is 15.0 Å². The quantitative estimate of drug-likeness (QED) is 0.724. The molecule has 1 rings (SSSR count). The molecule has 0 saturated carbocycles. The van der Waals surface area contributed by atoms with Crippen molar-refractivity contribution in [3.8, 4) is 0 Å². The highest BCUT2D eigenvalue weighted by Crippen LogP contribution is 2.23. The van der Waals surface area contributed by atoms with Crippen LogP contribution < -0.4 is 0 Å². The minimum Gasteiger partial charge on any atom is -0.368 e. The van der Waals surface area contributed by atoms with Crippen molar-refractivity contribution in [1.29, 1.82) is 0 Å². The SMILES string of the molecule is CCOC(CC)(CC)C(=O)Cc1cn(C)nn1. The zero-order chi connectivity index (χ0) is 12.9. The molecule has 0 fully saturated rings. The van der Waals surface area contributed by atoms with Gasteiger partial charge in [-0.05, 0) is 19.8 Å². The van der Waals surface area contributed by atoms with Crippen molar-refractivity contribution >= 4 is 5.78 Å². The Labute approximate surface area is 102 Å². The van der Waals surface area contributed by atoms with Crippen LogP contribution in [0.4, 0.5) is 0 Å². The molecule has 0 radical (unpaired) electrons. The summed E-state index contributed by atoms with van der Waals surface area (Å²) in [4.78, 5) is 12.3. The fourth-order valence-electron chi connectivity index (χ4n) is 2.01. The van der Waals surface area contributed by atoms with E-state index in [0.717, 1.165) is 0 Å². The second kappa shape index (κ2) is 5.91. The van der Waals surface area contributed by atoms with E-state index in [4.69, 9.17) is 4.74 Å². The van der Waals surface area contributed by atoms with Gasteiger partial charge in [0.25, 0.3) is 0 Å². The van der Waals surface area contributed by atoms with Crippen molar-refractivity contribution in [3.63, 3.8) is 0 Å². The molecule has 0 N–H and O–H groups in total. The lowest BCUT2D eigenvalue weighted by molar-refractivity contribution is -0.144. The maximum Gasteiger partial charge on any atom is 0.170 e. The van der Waals surface area contributed by atoms with Crippen molar-refractivity contribution in [3.05, 3.63) is 11.9 Å². The lowest BCUT2D eigenvalue weighted by atomic mass is 9.89. The molecular weight excluding hydrogens is 218 g/mol. The number of ketones is 1. The van der Waals surface area contributed by atoms with E-state index in [1.807, 2.05) is 20.8 Å². The first-order valence-corrected chi connectivity index (χ1v) is 6.10. The largest absolute Gasteiger partial charge is 0.368 e. The molecule has 0 aromatic carbocycles. The third-order valence-corrected chi connectivity index (χ3v) is 3.06. The van der Waals surface area contributed by atoms with Gasteiger partial charge < -0.3 is 4.74 Å². The Morgan fingerprint density at radius 1 is 1.41 bits per heavy atom. The summed E-state index contributed by atoms with van der Waals surface area (Å²) in [7, 11) is 1.79. The highest BCUT2D eigenvalue weighted by Gasteiger charge is 2.35. The lowest BCUT2D eigenvalue weighted by Gasteiger charge is -2.29. The molecule has 0 amide bonds. The second-order valence-electron chi connectivity index (χ2n) is 4.12. The molecule has 0 saturated heterocycles. The molecule has 1 heterocycles. The predicted octanol–water partition coefficient (Wildman–Crippen LogP) is 1.52. The molecule has 5 nitrogen and oxygen atoms in total. The Bertz CT molecular complexity index is 370. The Morgan fingerprint density at radius 2 is 2.06 bits per heavy atom. The first-order valence-electron chi connectivity index (χ1n) is 6.10. The summed E-state index contributed by atoms with van der Waals surface area (Å²) < 4.78 is 7.26. The number of hydrogen-bond acceptors (Lipinski definition) is 4. The average molecular weight is 239 g/mol. The Morgan fingerprint density at radius 3 is 2.47 bits per heavy atom. The van der Waals surface area contributed by atoms with Crippen molar-refractivity contribution in [2.24, 2.45) is 7.05 Å². The molecular formula is C12H21N3O2. The number of rotatable bonds is 7. The van der Waals surface area contributed by atoms with Crippen LogP contribution in [0.3, 0.4) is 0 Å². The Balaban J connectivity index is 2.78. The van der Waals surface area contributed by atoms with Crippen molar-refractivity contribution in [2.75, 3.05) is 6.61 Å². The number of nitrogens with zero attached hydrogens (tertiary/aromatic N) is 3. The monoisotopic (exact) mass is 239 g/mol. The fourth-order valence-corrected chi connectivity index (χ4v) is 2.01. The first kappa shape index (κ1) is 13.8. The van der Waals surface area contributed by atoms with E-state index in [2.05, 4.69) is 10.3 Å². The molecule has 5 heteroatoms. The van der Waals surface area contributed by atoms with E-state index >= 15 is 0 Å². The third-order valence-electron chi connectivity index (χ3n) is 3.06. The van der Waals surface area contributed by atoms with Gasteiger partial charge in [-0.3, -0.25) is 9.48 Å². The highest BCUT2D eigenvalue weighted by atomic mass is 16.5. The van der Waals surface area contributed by atoms with Crippen LogP contribution in [0.25, 0.3) is 0 Å². The van der Waals surface area contributed by atoms with Crippen LogP contribution >= 0.6 is 0 Å². The second-order valence-corrected chi connectivity index (χ2v) is 4.12. The molecule has 17 heavy (non-hydrogen) atoms. The summed E-state index contributed by atoms with van der Waals surface area (Å²) in [5.74, 6) is 0.0878. The molecule has 0 aliphatic heterocycles. The molecule has 1 aromatic rings. The van der Waals surface area contributed by atoms with E-state index in [9.17, 15) is 4.79 Å². The number of Topliss-reactive ketones (excluding diaryl/α,β-unsaturated/α-hetero) is 1. The smallest absolute Gasteiger partial charge is 0.170 e. The molecule has 0 atom stereocenters. The topological polar surface area (TPSA) is 57.0 Å². The summed E-state index contributed by atoms with van der Waals surface area (Å²) in [6, 6.07) is 0. The van der Waals surface area contributed by atoms with Crippen molar-refractivity contribution in [2.45, 2.75) is 45.6 Å². The standard InChI is InChI=1S/C12H21N3O2/c1-5-12(6-2,17-7-3)11(16)8-10-9-15(4)14-13-10/h9H,5-8H2,1-4H3. The number of hydrogen-bond donors (Lipinski definition) is 0. The van der Waals surface area contributed by atoms with Gasteiger partial charge in [-0.25, -0.2) is 0 Å². The molecule has 1 aromatic heterocycles. The summed E-state index contributed by atoms with van der Waals surface area (Å²) in [6.45, 7) is 6.42. The van der Waals surface area contributed by atoms with Crippen LogP contribution in [0.1, 0.15) is 39.3 Å². The van der Waals surface area contributed by atoms with Crippen LogP contribution in [0.5, 0.6) is 0 Å². The molecule has 96 valence electrons. The highest BCUT2D eigenvalue weighted by molar-refractivity contribution is 5.88. The zero-order valence-corrected chi connectivity index (χ0v) is 11.1. The predicted molar refractivity (Wildman–Crippen MR) is 64.7 cm³/mol.